The smallest absolute Gasteiger partial charge is 0.150 e. The van der Waals surface area contributed by atoms with Crippen LogP contribution in [0.4, 0.5) is 10.2 Å². The molecule has 2 saturated heterocycles. The van der Waals surface area contributed by atoms with Crippen LogP contribution in [0.25, 0.3) is 11.3 Å². The molecule has 2 aliphatic heterocycles. The van der Waals surface area contributed by atoms with Crippen LogP contribution in [0.3, 0.4) is 0 Å². The predicted molar refractivity (Wildman–Crippen MR) is 119 cm³/mol. The van der Waals surface area contributed by atoms with Gasteiger partial charge in [-0.25, -0.2) is 12.8 Å². The molecule has 1 aromatic carbocycles. The van der Waals surface area contributed by atoms with E-state index >= 15 is 0 Å². The summed E-state index contributed by atoms with van der Waals surface area (Å²) in [6.45, 7) is 2.13. The first-order chi connectivity index (χ1) is 14.9. The monoisotopic (exact) mass is 464 g/mol. The highest BCUT2D eigenvalue weighted by Gasteiger charge is 2.43. The fourth-order valence-electron chi connectivity index (χ4n) is 5.45. The number of nitrogens with one attached hydrogen (secondary N) is 1. The second-order valence-corrected chi connectivity index (χ2v) is 11.8. The van der Waals surface area contributed by atoms with Crippen LogP contribution >= 0.6 is 11.6 Å². The van der Waals surface area contributed by atoms with Crippen molar-refractivity contribution in [2.45, 2.75) is 37.8 Å². The third kappa shape index (κ3) is 4.56. The van der Waals surface area contributed by atoms with Gasteiger partial charge in [0, 0.05) is 30.7 Å². The van der Waals surface area contributed by atoms with Crippen LogP contribution in [0, 0.1) is 17.7 Å². The summed E-state index contributed by atoms with van der Waals surface area (Å²) in [7, 11) is -2.81. The maximum atomic E-state index is 13.5. The van der Waals surface area contributed by atoms with Gasteiger partial charge < -0.3 is 5.32 Å². The highest BCUT2D eigenvalue weighted by molar-refractivity contribution is 7.91. The molecular weight excluding hydrogens is 439 g/mol. The fraction of sp³-hybridized carbons (Fsp3) is 0.545. The van der Waals surface area contributed by atoms with E-state index in [0.29, 0.717) is 51.7 Å². The first kappa shape index (κ1) is 21.1. The number of benzene rings is 1. The van der Waals surface area contributed by atoms with Crippen LogP contribution in [-0.2, 0) is 9.84 Å². The van der Waals surface area contributed by atoms with Gasteiger partial charge >= 0.3 is 0 Å². The molecule has 9 heteroatoms. The summed E-state index contributed by atoms with van der Waals surface area (Å²) in [6.07, 6.45) is 3.73. The molecule has 3 atom stereocenters. The van der Waals surface area contributed by atoms with Crippen molar-refractivity contribution in [1.82, 2.24) is 15.1 Å². The summed E-state index contributed by atoms with van der Waals surface area (Å²) in [5.74, 6) is 2.33. The van der Waals surface area contributed by atoms with E-state index in [-0.39, 0.29) is 5.82 Å². The van der Waals surface area contributed by atoms with Crippen molar-refractivity contribution in [3.63, 3.8) is 0 Å². The minimum Gasteiger partial charge on any atom is -0.366 e. The van der Waals surface area contributed by atoms with Crippen LogP contribution in [0.1, 0.15) is 25.7 Å². The van der Waals surface area contributed by atoms with Gasteiger partial charge in [0.2, 0.25) is 0 Å². The molecule has 6 nitrogen and oxygen atoms in total. The van der Waals surface area contributed by atoms with E-state index in [1.807, 2.05) is 12.1 Å². The van der Waals surface area contributed by atoms with Gasteiger partial charge in [0.1, 0.15) is 21.5 Å². The van der Waals surface area contributed by atoms with Gasteiger partial charge in [0.15, 0.2) is 0 Å². The largest absolute Gasteiger partial charge is 0.366 e. The lowest BCUT2D eigenvalue weighted by Gasteiger charge is -2.31. The van der Waals surface area contributed by atoms with E-state index < -0.39 is 9.84 Å². The molecule has 1 N–H and O–H groups in total. The van der Waals surface area contributed by atoms with Crippen LogP contribution in [0.2, 0.25) is 5.02 Å². The Balaban J connectivity index is 1.16. The number of hydrogen-bond acceptors (Lipinski definition) is 6. The van der Waals surface area contributed by atoms with Crippen LogP contribution in [0.15, 0.2) is 30.3 Å². The van der Waals surface area contributed by atoms with Gasteiger partial charge in [0.25, 0.3) is 0 Å². The summed E-state index contributed by atoms with van der Waals surface area (Å²) in [4.78, 5) is 2.53. The number of halogens is 2. The van der Waals surface area contributed by atoms with Crippen molar-refractivity contribution in [1.29, 1.82) is 0 Å². The molecule has 2 aromatic rings. The number of hydrogen-bond donors (Lipinski definition) is 1. The van der Waals surface area contributed by atoms with E-state index in [0.717, 1.165) is 44.6 Å². The van der Waals surface area contributed by atoms with E-state index in [9.17, 15) is 12.8 Å². The first-order valence-corrected chi connectivity index (χ1v) is 13.1. The Morgan fingerprint density at radius 2 is 1.74 bits per heavy atom. The van der Waals surface area contributed by atoms with Gasteiger partial charge in [-0.15, -0.1) is 10.2 Å². The standard InChI is InChI=1S/C22H26ClFN4O2S/c23-20-2-1-16(24)11-19(20)21-3-4-22(27-26-21)25-17-9-14-12-28(13-15(14)10-17)18-5-7-31(29,30)8-6-18/h1-4,11,14-15,17-18H,5-10,12-13H2,(H,25,27)/t14-,15+,17+. The second-order valence-electron chi connectivity index (χ2n) is 9.10. The van der Waals surface area contributed by atoms with Gasteiger partial charge in [-0.1, -0.05) is 11.6 Å². The Labute approximate surface area is 187 Å². The summed E-state index contributed by atoms with van der Waals surface area (Å²) < 4.78 is 36.9. The maximum Gasteiger partial charge on any atom is 0.150 e. The predicted octanol–water partition coefficient (Wildman–Crippen LogP) is 3.64. The average Bonchev–Trinajstić information content (AvgIpc) is 3.29. The zero-order valence-corrected chi connectivity index (χ0v) is 18.7. The van der Waals surface area contributed by atoms with Crippen LogP contribution in [0.5, 0.6) is 0 Å². The molecule has 1 aliphatic carbocycles. The number of anilines is 1. The molecule has 3 fully saturated rings. The maximum absolute atomic E-state index is 13.5. The first-order valence-electron chi connectivity index (χ1n) is 10.9. The molecule has 0 bridgehead atoms. The number of fused-ring (bicyclic) bond motifs is 1. The Kier molecular flexibility index (Phi) is 5.65. The van der Waals surface area contributed by atoms with Crippen molar-refractivity contribution in [3.05, 3.63) is 41.2 Å². The fourth-order valence-corrected chi connectivity index (χ4v) is 7.13. The Morgan fingerprint density at radius 3 is 2.39 bits per heavy atom. The van der Waals surface area contributed by atoms with E-state index in [2.05, 4.69) is 20.4 Å². The van der Waals surface area contributed by atoms with Crippen molar-refractivity contribution in [3.8, 4) is 11.3 Å². The van der Waals surface area contributed by atoms with E-state index in [1.54, 1.807) is 0 Å². The zero-order valence-electron chi connectivity index (χ0n) is 17.2. The molecule has 0 amide bonds. The van der Waals surface area contributed by atoms with Gasteiger partial charge in [0.05, 0.1) is 22.2 Å². The van der Waals surface area contributed by atoms with E-state index in [1.165, 1.54) is 18.2 Å². The third-order valence-electron chi connectivity index (χ3n) is 7.04. The average molecular weight is 465 g/mol. The molecule has 0 radical (unpaired) electrons. The topological polar surface area (TPSA) is 75.2 Å². The van der Waals surface area contributed by atoms with E-state index in [4.69, 9.17) is 11.6 Å². The van der Waals surface area contributed by atoms with Crippen molar-refractivity contribution < 1.29 is 12.8 Å². The number of sulfone groups is 1. The van der Waals surface area contributed by atoms with Crippen molar-refractivity contribution >= 4 is 27.3 Å². The Hall–Kier alpha value is -1.77. The second kappa shape index (κ2) is 8.30. The van der Waals surface area contributed by atoms with Crippen molar-refractivity contribution in [2.75, 3.05) is 29.9 Å². The van der Waals surface area contributed by atoms with Crippen LogP contribution in [-0.4, -0.2) is 60.2 Å². The van der Waals surface area contributed by atoms with Crippen molar-refractivity contribution in [2.24, 2.45) is 11.8 Å². The van der Waals surface area contributed by atoms with Crippen LogP contribution < -0.4 is 5.32 Å². The minimum absolute atomic E-state index is 0.336. The molecule has 31 heavy (non-hydrogen) atoms. The lowest BCUT2D eigenvalue weighted by atomic mass is 10.0. The Morgan fingerprint density at radius 1 is 1.03 bits per heavy atom. The quantitative estimate of drug-likeness (QED) is 0.744. The molecule has 1 saturated carbocycles. The lowest BCUT2D eigenvalue weighted by molar-refractivity contribution is 0.209. The highest BCUT2D eigenvalue weighted by atomic mass is 35.5. The molecule has 3 heterocycles. The highest BCUT2D eigenvalue weighted by Crippen LogP contribution is 2.41. The molecule has 5 rings (SSSR count). The molecule has 3 aliphatic rings. The van der Waals surface area contributed by atoms with Gasteiger partial charge in [-0.2, -0.15) is 0 Å². The normalized spacial score (nSPS) is 28.5. The SMILES string of the molecule is O=S1(=O)CCC(N2C[C@H]3C[C@H](Nc4ccc(-c5cc(F)ccc5Cl)nn4)C[C@H]3C2)CC1. The molecular formula is C22H26ClFN4O2S. The van der Waals surface area contributed by atoms with Gasteiger partial charge in [-0.05, 0) is 67.9 Å². The third-order valence-corrected chi connectivity index (χ3v) is 9.09. The summed E-state index contributed by atoms with van der Waals surface area (Å²) >= 11 is 6.16. The zero-order chi connectivity index (χ0) is 21.6. The lowest BCUT2D eigenvalue weighted by Crippen LogP contribution is -2.40. The number of likely N-dealkylation sites (tertiary alicyclic amines) is 1. The molecule has 0 unspecified atom stereocenters. The molecule has 0 spiro atoms. The number of nitrogens with zero attached hydrogens (tertiary/aromatic N) is 3. The summed E-state index contributed by atoms with van der Waals surface area (Å²) in [5.41, 5.74) is 1.08. The van der Waals surface area contributed by atoms with Gasteiger partial charge in [-0.3, -0.25) is 4.90 Å². The summed E-state index contributed by atoms with van der Waals surface area (Å²) in [6, 6.07) is 8.67. The molecule has 1 aromatic heterocycles. The molecule has 166 valence electrons. The summed E-state index contributed by atoms with van der Waals surface area (Å²) in [5, 5.41) is 12.5. The Bertz CT molecular complexity index is 1040. The minimum atomic E-state index is -2.81. The number of aromatic nitrogens is 2. The number of rotatable bonds is 4.